The van der Waals surface area contributed by atoms with Gasteiger partial charge in [-0.25, -0.2) is 0 Å². The van der Waals surface area contributed by atoms with Gasteiger partial charge in [0.2, 0.25) is 0 Å². The molecule has 110 valence electrons. The van der Waals surface area contributed by atoms with Crippen molar-refractivity contribution in [2.45, 2.75) is 41.0 Å². The van der Waals surface area contributed by atoms with Crippen LogP contribution < -0.4 is 0 Å². The maximum atomic E-state index is 3.93. The van der Waals surface area contributed by atoms with Crippen LogP contribution in [0, 0.1) is 12.8 Å². The second-order valence-corrected chi connectivity index (χ2v) is 5.41. The first-order chi connectivity index (χ1) is 9.61. The molecule has 20 heavy (non-hydrogen) atoms. The second-order valence-electron chi connectivity index (χ2n) is 5.41. The van der Waals surface area contributed by atoms with E-state index in [0.29, 0.717) is 0 Å². The maximum absolute atomic E-state index is 3.93. The molecule has 0 amide bonds. The number of benzene rings is 1. The van der Waals surface area contributed by atoms with E-state index in [1.165, 1.54) is 41.9 Å². The summed E-state index contributed by atoms with van der Waals surface area (Å²) >= 11 is 0. The zero-order valence-electron chi connectivity index (χ0n) is 13.7. The minimum atomic E-state index is 0.824. The zero-order valence-corrected chi connectivity index (χ0v) is 13.7. The first kappa shape index (κ1) is 16.6. The molecule has 1 nitrogen and oxygen atoms in total. The van der Waals surface area contributed by atoms with Gasteiger partial charge in [0.05, 0.1) is 0 Å². The van der Waals surface area contributed by atoms with Gasteiger partial charge in [-0.2, -0.15) is 0 Å². The molecule has 1 saturated heterocycles. The van der Waals surface area contributed by atoms with Gasteiger partial charge < -0.3 is 4.90 Å². The highest BCUT2D eigenvalue weighted by molar-refractivity contribution is 5.67. The molecule has 1 fully saturated rings. The lowest BCUT2D eigenvalue weighted by Gasteiger charge is -2.19. The van der Waals surface area contributed by atoms with Gasteiger partial charge in [-0.1, -0.05) is 51.6 Å². The minimum absolute atomic E-state index is 0.824. The van der Waals surface area contributed by atoms with Gasteiger partial charge in [-0.3, -0.25) is 0 Å². The minimum Gasteiger partial charge on any atom is -0.375 e. The van der Waals surface area contributed by atoms with Crippen LogP contribution in [0.1, 0.15) is 50.8 Å². The second kappa shape index (κ2) is 7.94. The Bertz CT molecular complexity index is 471. The summed E-state index contributed by atoms with van der Waals surface area (Å²) in [6.45, 7) is 17.0. The number of likely N-dealkylation sites (tertiary alicyclic amines) is 1. The Morgan fingerprint density at radius 2 is 2.05 bits per heavy atom. The number of hydrogen-bond acceptors (Lipinski definition) is 1. The van der Waals surface area contributed by atoms with E-state index in [2.05, 4.69) is 56.5 Å². The van der Waals surface area contributed by atoms with Crippen molar-refractivity contribution in [3.63, 3.8) is 0 Å². The largest absolute Gasteiger partial charge is 0.375 e. The molecule has 1 atom stereocenters. The summed E-state index contributed by atoms with van der Waals surface area (Å²) in [5.41, 5.74) is 5.19. The topological polar surface area (TPSA) is 3.24 Å². The predicted octanol–water partition coefficient (Wildman–Crippen LogP) is 5.37. The summed E-state index contributed by atoms with van der Waals surface area (Å²) in [7, 11) is 0. The number of nitrogens with zero attached hydrogens (tertiary/aromatic N) is 1. The molecule has 1 aromatic rings. The standard InChI is InChI=1S/C17H23N.C2H6/c1-5-17-14(3)7-6-8-16(17)11-15(4)18-10-9-13(2)12-18;1-2/h5-8,11,13H,1,9-10,12H2,2-4H3;1-2H3/b15-11+;. The summed E-state index contributed by atoms with van der Waals surface area (Å²) in [5, 5.41) is 0. The summed E-state index contributed by atoms with van der Waals surface area (Å²) in [6.07, 6.45) is 5.57. The molecule has 1 heteroatoms. The molecule has 0 spiro atoms. The molecule has 1 aliphatic heterocycles. The van der Waals surface area contributed by atoms with E-state index in [9.17, 15) is 0 Å². The van der Waals surface area contributed by atoms with E-state index in [0.717, 1.165) is 5.92 Å². The average Bonchev–Trinajstić information content (AvgIpc) is 2.88. The normalized spacial score (nSPS) is 18.6. The molecule has 0 bridgehead atoms. The third kappa shape index (κ3) is 4.00. The van der Waals surface area contributed by atoms with Crippen molar-refractivity contribution < 1.29 is 0 Å². The van der Waals surface area contributed by atoms with Gasteiger partial charge in [0.25, 0.3) is 0 Å². The van der Waals surface area contributed by atoms with Crippen molar-refractivity contribution in [3.05, 3.63) is 47.2 Å². The van der Waals surface area contributed by atoms with Gasteiger partial charge in [0, 0.05) is 18.8 Å². The van der Waals surface area contributed by atoms with Gasteiger partial charge >= 0.3 is 0 Å². The van der Waals surface area contributed by atoms with Crippen LogP contribution in [0.25, 0.3) is 12.2 Å². The Kier molecular flexibility index (Phi) is 6.57. The van der Waals surface area contributed by atoms with Crippen LogP contribution >= 0.6 is 0 Å². The first-order valence-corrected chi connectivity index (χ1v) is 7.77. The quantitative estimate of drug-likeness (QED) is 0.714. The SMILES string of the molecule is C=Cc1c(C)cccc1/C=C(\C)N1CCC(C)C1.CC. The highest BCUT2D eigenvalue weighted by atomic mass is 15.1. The van der Waals surface area contributed by atoms with Crippen molar-refractivity contribution in [1.29, 1.82) is 0 Å². The summed E-state index contributed by atoms with van der Waals surface area (Å²) in [4.78, 5) is 2.49. The van der Waals surface area contributed by atoms with E-state index in [-0.39, 0.29) is 0 Å². The van der Waals surface area contributed by atoms with Crippen molar-refractivity contribution in [2.24, 2.45) is 5.92 Å². The highest BCUT2D eigenvalue weighted by Gasteiger charge is 2.18. The van der Waals surface area contributed by atoms with Gasteiger partial charge in [-0.05, 0) is 49.0 Å². The maximum Gasteiger partial charge on any atom is 0.0201 e. The Balaban J connectivity index is 0.000000956. The third-order valence-electron chi connectivity index (χ3n) is 3.85. The predicted molar refractivity (Wildman–Crippen MR) is 91.6 cm³/mol. The van der Waals surface area contributed by atoms with Crippen molar-refractivity contribution in [1.82, 2.24) is 4.90 Å². The molecule has 0 N–H and O–H groups in total. The van der Waals surface area contributed by atoms with Gasteiger partial charge in [-0.15, -0.1) is 0 Å². The fourth-order valence-electron chi connectivity index (χ4n) is 2.68. The van der Waals surface area contributed by atoms with E-state index in [1.54, 1.807) is 0 Å². The molecule has 1 aromatic carbocycles. The van der Waals surface area contributed by atoms with Gasteiger partial charge in [0.1, 0.15) is 0 Å². The number of allylic oxidation sites excluding steroid dienone is 1. The molecule has 2 rings (SSSR count). The number of hydrogen-bond donors (Lipinski definition) is 0. The molecule has 0 saturated carbocycles. The Hall–Kier alpha value is -1.50. The smallest absolute Gasteiger partial charge is 0.0201 e. The molecule has 0 aromatic heterocycles. The van der Waals surface area contributed by atoms with Crippen molar-refractivity contribution in [3.8, 4) is 0 Å². The van der Waals surface area contributed by atoms with Gasteiger partial charge in [0.15, 0.2) is 0 Å². The lowest BCUT2D eigenvalue weighted by molar-refractivity contribution is 0.415. The van der Waals surface area contributed by atoms with E-state index < -0.39 is 0 Å². The van der Waals surface area contributed by atoms with Crippen LogP contribution in [0.3, 0.4) is 0 Å². The fourth-order valence-corrected chi connectivity index (χ4v) is 2.68. The molecule has 1 unspecified atom stereocenters. The fraction of sp³-hybridized carbons (Fsp3) is 0.474. The summed E-state index contributed by atoms with van der Waals surface area (Å²) in [6, 6.07) is 6.43. The Morgan fingerprint density at radius 1 is 1.35 bits per heavy atom. The van der Waals surface area contributed by atoms with Crippen LogP contribution in [-0.2, 0) is 0 Å². The van der Waals surface area contributed by atoms with E-state index in [4.69, 9.17) is 0 Å². The molecule has 1 heterocycles. The van der Waals surface area contributed by atoms with E-state index in [1.807, 2.05) is 19.9 Å². The van der Waals surface area contributed by atoms with Crippen LogP contribution in [0.15, 0.2) is 30.5 Å². The summed E-state index contributed by atoms with van der Waals surface area (Å²) in [5.74, 6) is 0.824. The average molecular weight is 271 g/mol. The lowest BCUT2D eigenvalue weighted by Crippen LogP contribution is -2.17. The molecule has 1 aliphatic rings. The zero-order chi connectivity index (χ0) is 15.1. The van der Waals surface area contributed by atoms with Crippen LogP contribution in [0.4, 0.5) is 0 Å². The molecule has 0 aliphatic carbocycles. The molecular weight excluding hydrogens is 242 g/mol. The summed E-state index contributed by atoms with van der Waals surface area (Å²) < 4.78 is 0. The van der Waals surface area contributed by atoms with Crippen LogP contribution in [0.5, 0.6) is 0 Å². The Labute approximate surface area is 125 Å². The van der Waals surface area contributed by atoms with Crippen LogP contribution in [0.2, 0.25) is 0 Å². The lowest BCUT2D eigenvalue weighted by atomic mass is 10.0. The highest BCUT2D eigenvalue weighted by Crippen LogP contribution is 2.23. The van der Waals surface area contributed by atoms with E-state index >= 15 is 0 Å². The third-order valence-corrected chi connectivity index (χ3v) is 3.85. The Morgan fingerprint density at radius 3 is 2.60 bits per heavy atom. The van der Waals surface area contributed by atoms with Crippen molar-refractivity contribution in [2.75, 3.05) is 13.1 Å². The molecular formula is C19H29N. The number of rotatable bonds is 3. The van der Waals surface area contributed by atoms with Crippen molar-refractivity contribution >= 4 is 12.2 Å². The monoisotopic (exact) mass is 271 g/mol. The first-order valence-electron chi connectivity index (χ1n) is 7.77. The number of aryl methyl sites for hydroxylation is 1. The van der Waals surface area contributed by atoms with Crippen LogP contribution in [-0.4, -0.2) is 18.0 Å². The molecule has 0 radical (unpaired) electrons.